The molecule has 1 saturated carbocycles. The Morgan fingerprint density at radius 2 is 2.21 bits per heavy atom. The van der Waals surface area contributed by atoms with E-state index in [2.05, 4.69) is 25.8 Å². The van der Waals surface area contributed by atoms with Gasteiger partial charge in [-0.05, 0) is 42.7 Å². The van der Waals surface area contributed by atoms with Crippen LogP contribution in [0.15, 0.2) is 18.3 Å². The largest absolute Gasteiger partial charge is 0.458 e. The number of nitrogens with zero attached hydrogens (tertiary/aromatic N) is 1. The molecule has 2 unspecified atom stereocenters. The van der Waals surface area contributed by atoms with Crippen LogP contribution >= 0.6 is 0 Å². The van der Waals surface area contributed by atoms with Gasteiger partial charge in [0.05, 0.1) is 5.69 Å². The Morgan fingerprint density at radius 3 is 2.84 bits per heavy atom. The molecule has 0 aliphatic heterocycles. The maximum atomic E-state index is 12.1. The molecule has 2 N–H and O–H groups in total. The standard InChI is InChI=1S/C15H22N2O2/c1-10-7-11(9-15(2,3)8-10)19-14(18)13-12(16)5-4-6-17-13/h4-6,10-11H,7-9,16H2,1-3H3. The van der Waals surface area contributed by atoms with Crippen LogP contribution in [0.1, 0.15) is 50.5 Å². The molecule has 1 aliphatic carbocycles. The smallest absolute Gasteiger partial charge is 0.359 e. The van der Waals surface area contributed by atoms with Gasteiger partial charge in [-0.1, -0.05) is 20.8 Å². The third-order valence-corrected chi connectivity index (χ3v) is 3.65. The minimum atomic E-state index is -0.409. The Kier molecular flexibility index (Phi) is 3.78. The normalized spacial score (nSPS) is 25.8. The van der Waals surface area contributed by atoms with Crippen LogP contribution in [0.25, 0.3) is 0 Å². The van der Waals surface area contributed by atoms with Crippen molar-refractivity contribution in [2.75, 3.05) is 5.73 Å². The van der Waals surface area contributed by atoms with Crippen molar-refractivity contribution in [3.63, 3.8) is 0 Å². The summed E-state index contributed by atoms with van der Waals surface area (Å²) in [7, 11) is 0. The number of aromatic nitrogens is 1. The zero-order valence-electron chi connectivity index (χ0n) is 11.8. The summed E-state index contributed by atoms with van der Waals surface area (Å²) in [4.78, 5) is 16.1. The molecule has 4 nitrogen and oxygen atoms in total. The van der Waals surface area contributed by atoms with Crippen LogP contribution in [0.5, 0.6) is 0 Å². The SMILES string of the molecule is CC1CC(OC(=O)c2ncccc2N)CC(C)(C)C1. The predicted octanol–water partition coefficient (Wildman–Crippen LogP) is 3.04. The van der Waals surface area contributed by atoms with Gasteiger partial charge < -0.3 is 10.5 Å². The minimum Gasteiger partial charge on any atom is -0.458 e. The monoisotopic (exact) mass is 262 g/mol. The summed E-state index contributed by atoms with van der Waals surface area (Å²) in [6.07, 6.45) is 4.51. The van der Waals surface area contributed by atoms with Gasteiger partial charge >= 0.3 is 5.97 Å². The number of carbonyl (C=O) groups is 1. The first kappa shape index (κ1) is 13.8. The van der Waals surface area contributed by atoms with Gasteiger partial charge in [0.2, 0.25) is 0 Å². The van der Waals surface area contributed by atoms with Gasteiger partial charge in [0.25, 0.3) is 0 Å². The molecule has 0 spiro atoms. The second-order valence-corrected chi connectivity index (χ2v) is 6.38. The number of carbonyl (C=O) groups excluding carboxylic acids is 1. The Balaban J connectivity index is 2.05. The van der Waals surface area contributed by atoms with E-state index in [1.165, 1.54) is 6.42 Å². The van der Waals surface area contributed by atoms with Crippen molar-refractivity contribution >= 4 is 11.7 Å². The van der Waals surface area contributed by atoms with Crippen molar-refractivity contribution in [3.8, 4) is 0 Å². The van der Waals surface area contributed by atoms with Crippen molar-refractivity contribution in [3.05, 3.63) is 24.0 Å². The van der Waals surface area contributed by atoms with E-state index < -0.39 is 5.97 Å². The van der Waals surface area contributed by atoms with Crippen LogP contribution < -0.4 is 5.73 Å². The Morgan fingerprint density at radius 1 is 1.47 bits per heavy atom. The van der Waals surface area contributed by atoms with Gasteiger partial charge in [-0.25, -0.2) is 9.78 Å². The van der Waals surface area contributed by atoms with Gasteiger partial charge in [0.15, 0.2) is 5.69 Å². The highest BCUT2D eigenvalue weighted by Crippen LogP contribution is 2.39. The highest BCUT2D eigenvalue weighted by Gasteiger charge is 2.34. The van der Waals surface area contributed by atoms with Crippen molar-refractivity contribution in [1.29, 1.82) is 0 Å². The number of rotatable bonds is 2. The Hall–Kier alpha value is -1.58. The van der Waals surface area contributed by atoms with E-state index in [0.29, 0.717) is 11.6 Å². The molecule has 1 fully saturated rings. The van der Waals surface area contributed by atoms with E-state index in [1.807, 2.05) is 0 Å². The van der Waals surface area contributed by atoms with E-state index in [4.69, 9.17) is 10.5 Å². The van der Waals surface area contributed by atoms with Gasteiger partial charge in [0.1, 0.15) is 6.10 Å². The molecule has 2 rings (SSSR count). The molecule has 0 radical (unpaired) electrons. The van der Waals surface area contributed by atoms with E-state index in [-0.39, 0.29) is 17.2 Å². The number of hydrogen-bond donors (Lipinski definition) is 1. The summed E-state index contributed by atoms with van der Waals surface area (Å²) < 4.78 is 5.58. The number of pyridine rings is 1. The first-order chi connectivity index (χ1) is 8.87. The fourth-order valence-electron chi connectivity index (χ4n) is 3.14. The lowest BCUT2D eigenvalue weighted by Gasteiger charge is -2.38. The number of hydrogen-bond acceptors (Lipinski definition) is 4. The molecule has 2 atom stereocenters. The second kappa shape index (κ2) is 5.19. The van der Waals surface area contributed by atoms with E-state index in [1.54, 1.807) is 18.3 Å². The zero-order valence-corrected chi connectivity index (χ0v) is 11.8. The average Bonchev–Trinajstić information content (AvgIpc) is 2.26. The number of ether oxygens (including phenoxy) is 1. The average molecular weight is 262 g/mol. The highest BCUT2D eigenvalue weighted by atomic mass is 16.5. The summed E-state index contributed by atoms with van der Waals surface area (Å²) in [5, 5.41) is 0. The van der Waals surface area contributed by atoms with Gasteiger partial charge in [-0.15, -0.1) is 0 Å². The van der Waals surface area contributed by atoms with Crippen molar-refractivity contribution in [2.24, 2.45) is 11.3 Å². The van der Waals surface area contributed by atoms with Crippen LogP contribution in [0.3, 0.4) is 0 Å². The minimum absolute atomic E-state index is 0.0346. The van der Waals surface area contributed by atoms with Crippen molar-refractivity contribution in [1.82, 2.24) is 4.98 Å². The van der Waals surface area contributed by atoms with Crippen LogP contribution in [0.4, 0.5) is 5.69 Å². The molecule has 1 aliphatic rings. The number of nitrogens with two attached hydrogens (primary N) is 1. The number of nitrogen functional groups attached to an aromatic ring is 1. The van der Waals surface area contributed by atoms with E-state index in [9.17, 15) is 4.79 Å². The molecule has 0 saturated heterocycles. The maximum absolute atomic E-state index is 12.1. The summed E-state index contributed by atoms with van der Waals surface area (Å²) in [6, 6.07) is 3.37. The molecule has 0 amide bonds. The fraction of sp³-hybridized carbons (Fsp3) is 0.600. The Bertz CT molecular complexity index is 471. The quantitative estimate of drug-likeness (QED) is 0.832. The fourth-order valence-corrected chi connectivity index (χ4v) is 3.14. The molecule has 19 heavy (non-hydrogen) atoms. The van der Waals surface area contributed by atoms with Crippen LogP contribution in [0.2, 0.25) is 0 Å². The third-order valence-electron chi connectivity index (χ3n) is 3.65. The molecular weight excluding hydrogens is 240 g/mol. The number of anilines is 1. The second-order valence-electron chi connectivity index (χ2n) is 6.38. The van der Waals surface area contributed by atoms with Gasteiger partial charge in [-0.3, -0.25) is 0 Å². The summed E-state index contributed by atoms with van der Waals surface area (Å²) in [6.45, 7) is 6.65. The molecule has 4 heteroatoms. The van der Waals surface area contributed by atoms with Gasteiger partial charge in [0, 0.05) is 6.20 Å². The molecular formula is C15H22N2O2. The highest BCUT2D eigenvalue weighted by molar-refractivity contribution is 5.92. The van der Waals surface area contributed by atoms with Crippen LogP contribution in [-0.4, -0.2) is 17.1 Å². The lowest BCUT2D eigenvalue weighted by Crippen LogP contribution is -2.34. The lowest BCUT2D eigenvalue weighted by molar-refractivity contribution is -0.00755. The van der Waals surface area contributed by atoms with Crippen molar-refractivity contribution < 1.29 is 9.53 Å². The summed E-state index contributed by atoms with van der Waals surface area (Å²) in [5.41, 5.74) is 6.56. The van der Waals surface area contributed by atoms with Crippen molar-refractivity contribution in [2.45, 2.75) is 46.1 Å². The molecule has 0 aromatic carbocycles. The number of esters is 1. The molecule has 1 aromatic rings. The molecule has 104 valence electrons. The first-order valence-corrected chi connectivity index (χ1v) is 6.79. The van der Waals surface area contributed by atoms with E-state index >= 15 is 0 Å². The molecule has 0 bridgehead atoms. The first-order valence-electron chi connectivity index (χ1n) is 6.79. The van der Waals surface area contributed by atoms with Crippen LogP contribution in [-0.2, 0) is 4.74 Å². The summed E-state index contributed by atoms with van der Waals surface area (Å²) >= 11 is 0. The van der Waals surface area contributed by atoms with Crippen LogP contribution in [0, 0.1) is 11.3 Å². The maximum Gasteiger partial charge on any atom is 0.359 e. The van der Waals surface area contributed by atoms with E-state index in [0.717, 1.165) is 12.8 Å². The molecule has 1 heterocycles. The Labute approximate surface area is 114 Å². The topological polar surface area (TPSA) is 65.2 Å². The molecule has 1 aromatic heterocycles. The zero-order chi connectivity index (χ0) is 14.0. The lowest BCUT2D eigenvalue weighted by atomic mass is 9.71. The summed E-state index contributed by atoms with van der Waals surface area (Å²) in [5.74, 6) is 0.163. The predicted molar refractivity (Wildman–Crippen MR) is 74.6 cm³/mol. The van der Waals surface area contributed by atoms with Gasteiger partial charge in [-0.2, -0.15) is 0 Å². The third kappa shape index (κ3) is 3.46.